The van der Waals surface area contributed by atoms with Crippen LogP contribution in [0.5, 0.6) is 23.0 Å². The molecule has 0 bridgehead atoms. The lowest BCUT2D eigenvalue weighted by Crippen LogP contribution is -2.44. The van der Waals surface area contributed by atoms with Crippen molar-refractivity contribution < 1.29 is 19.7 Å². The van der Waals surface area contributed by atoms with Crippen molar-refractivity contribution >= 4 is 0 Å². The average molecular weight is 327 g/mol. The molecule has 5 heteroatoms. The van der Waals surface area contributed by atoms with Gasteiger partial charge in [-0.3, -0.25) is 0 Å². The summed E-state index contributed by atoms with van der Waals surface area (Å²) in [7, 11) is 3.14. The molecule has 126 valence electrons. The van der Waals surface area contributed by atoms with Crippen LogP contribution in [0.4, 0.5) is 0 Å². The number of hydrogen-bond acceptors (Lipinski definition) is 5. The fourth-order valence-corrected chi connectivity index (χ4v) is 4.05. The van der Waals surface area contributed by atoms with Gasteiger partial charge in [-0.05, 0) is 47.7 Å². The van der Waals surface area contributed by atoms with Crippen LogP contribution in [0.15, 0.2) is 24.3 Å². The Balaban J connectivity index is 1.77. The number of ether oxygens (including phenoxy) is 2. The first-order valence-corrected chi connectivity index (χ1v) is 8.13. The number of benzene rings is 2. The molecular formula is C19H21NO4. The van der Waals surface area contributed by atoms with E-state index in [9.17, 15) is 10.2 Å². The van der Waals surface area contributed by atoms with E-state index in [0.717, 1.165) is 29.5 Å². The van der Waals surface area contributed by atoms with Gasteiger partial charge in [0.25, 0.3) is 0 Å². The Hall–Kier alpha value is -2.40. The molecule has 0 unspecified atom stereocenters. The zero-order chi connectivity index (χ0) is 16.8. The van der Waals surface area contributed by atoms with E-state index in [1.54, 1.807) is 20.3 Å². The summed E-state index contributed by atoms with van der Waals surface area (Å²) >= 11 is 0. The molecule has 1 heterocycles. The number of aromatic hydroxyl groups is 2. The van der Waals surface area contributed by atoms with Gasteiger partial charge >= 0.3 is 0 Å². The molecule has 0 fully saturated rings. The van der Waals surface area contributed by atoms with Crippen molar-refractivity contribution in [1.29, 1.82) is 0 Å². The number of phenols is 2. The second kappa shape index (κ2) is 5.60. The first-order valence-electron chi connectivity index (χ1n) is 8.13. The molecule has 1 aliphatic carbocycles. The van der Waals surface area contributed by atoms with E-state index >= 15 is 0 Å². The highest BCUT2D eigenvalue weighted by atomic mass is 16.5. The first-order chi connectivity index (χ1) is 11.6. The van der Waals surface area contributed by atoms with Gasteiger partial charge in [-0.15, -0.1) is 0 Å². The summed E-state index contributed by atoms with van der Waals surface area (Å²) in [5.41, 5.74) is 4.44. The molecule has 2 aliphatic rings. The van der Waals surface area contributed by atoms with Crippen molar-refractivity contribution in [3.05, 3.63) is 46.5 Å². The molecule has 0 radical (unpaired) electrons. The molecule has 4 rings (SSSR count). The van der Waals surface area contributed by atoms with Gasteiger partial charge in [0.2, 0.25) is 0 Å². The maximum Gasteiger partial charge on any atom is 0.161 e. The van der Waals surface area contributed by atoms with Gasteiger partial charge in [0.15, 0.2) is 23.0 Å². The van der Waals surface area contributed by atoms with Crippen molar-refractivity contribution in [3.63, 3.8) is 0 Å². The number of nitrogens with one attached hydrogen (secondary N) is 1. The molecule has 5 nitrogen and oxygen atoms in total. The lowest BCUT2D eigenvalue weighted by atomic mass is 9.73. The van der Waals surface area contributed by atoms with Crippen molar-refractivity contribution in [1.82, 2.24) is 5.32 Å². The average Bonchev–Trinajstić information content (AvgIpc) is 2.60. The van der Waals surface area contributed by atoms with Crippen molar-refractivity contribution in [3.8, 4) is 23.0 Å². The van der Waals surface area contributed by atoms with Crippen LogP contribution in [0.25, 0.3) is 0 Å². The summed E-state index contributed by atoms with van der Waals surface area (Å²) in [6.07, 6.45) is 1.59. The second-order valence-corrected chi connectivity index (χ2v) is 6.48. The fourth-order valence-electron chi connectivity index (χ4n) is 4.05. The van der Waals surface area contributed by atoms with Gasteiger partial charge in [-0.25, -0.2) is 0 Å². The van der Waals surface area contributed by atoms with Crippen LogP contribution >= 0.6 is 0 Å². The molecule has 2 aromatic carbocycles. The van der Waals surface area contributed by atoms with Gasteiger partial charge in [0.1, 0.15) is 0 Å². The molecule has 3 N–H and O–H groups in total. The maximum absolute atomic E-state index is 10.4. The summed E-state index contributed by atoms with van der Waals surface area (Å²) in [6, 6.07) is 7.85. The molecule has 0 saturated carbocycles. The predicted molar refractivity (Wildman–Crippen MR) is 90.1 cm³/mol. The van der Waals surface area contributed by atoms with E-state index in [4.69, 9.17) is 9.47 Å². The van der Waals surface area contributed by atoms with Crippen LogP contribution in [-0.2, 0) is 19.4 Å². The zero-order valence-corrected chi connectivity index (χ0v) is 13.8. The minimum atomic E-state index is 0.176. The molecule has 0 spiro atoms. The number of methoxy groups -OCH3 is 2. The Morgan fingerprint density at radius 2 is 1.79 bits per heavy atom. The van der Waals surface area contributed by atoms with E-state index in [1.165, 1.54) is 5.56 Å². The lowest BCUT2D eigenvalue weighted by Gasteiger charge is -2.39. The lowest BCUT2D eigenvalue weighted by molar-refractivity contribution is 0.343. The Kier molecular flexibility index (Phi) is 3.53. The largest absolute Gasteiger partial charge is 0.504 e. The molecular weight excluding hydrogens is 306 g/mol. The van der Waals surface area contributed by atoms with Crippen LogP contribution in [0.1, 0.15) is 28.2 Å². The summed E-state index contributed by atoms with van der Waals surface area (Å²) in [5.74, 6) is 1.76. The second-order valence-electron chi connectivity index (χ2n) is 6.48. The Morgan fingerprint density at radius 1 is 1.00 bits per heavy atom. The number of rotatable bonds is 2. The van der Waals surface area contributed by atoms with Gasteiger partial charge in [-0.1, -0.05) is 6.07 Å². The van der Waals surface area contributed by atoms with Gasteiger partial charge in [0, 0.05) is 24.1 Å². The molecule has 0 aromatic heterocycles. The predicted octanol–water partition coefficient (Wildman–Crippen LogP) is 2.47. The van der Waals surface area contributed by atoms with Crippen LogP contribution in [0.3, 0.4) is 0 Å². The number of fused-ring (bicyclic) bond motifs is 4. The molecule has 2 atom stereocenters. The highest BCUT2D eigenvalue weighted by Gasteiger charge is 2.36. The van der Waals surface area contributed by atoms with Gasteiger partial charge in [-0.2, -0.15) is 0 Å². The van der Waals surface area contributed by atoms with Crippen molar-refractivity contribution in [2.24, 2.45) is 0 Å². The minimum absolute atomic E-state index is 0.176. The SMILES string of the molecule is COc1cc2c(cc1O)CN[C@@H]1Cc3c(ccc(OC)c3O)C[C@H]21. The van der Waals surface area contributed by atoms with E-state index in [1.807, 2.05) is 18.2 Å². The maximum atomic E-state index is 10.4. The van der Waals surface area contributed by atoms with Gasteiger partial charge in [0.05, 0.1) is 14.2 Å². The van der Waals surface area contributed by atoms with E-state index in [0.29, 0.717) is 24.0 Å². The third-order valence-electron chi connectivity index (χ3n) is 5.31. The fraction of sp³-hybridized carbons (Fsp3) is 0.368. The van der Waals surface area contributed by atoms with Crippen LogP contribution in [0.2, 0.25) is 0 Å². The molecule has 0 amide bonds. The minimum Gasteiger partial charge on any atom is -0.504 e. The Bertz CT molecular complexity index is 802. The highest BCUT2D eigenvalue weighted by Crippen LogP contribution is 2.44. The van der Waals surface area contributed by atoms with Gasteiger partial charge < -0.3 is 25.0 Å². The highest BCUT2D eigenvalue weighted by molar-refractivity contribution is 5.55. The van der Waals surface area contributed by atoms with Crippen LogP contribution < -0.4 is 14.8 Å². The Labute approximate surface area is 140 Å². The van der Waals surface area contributed by atoms with Crippen LogP contribution in [0, 0.1) is 0 Å². The smallest absolute Gasteiger partial charge is 0.161 e. The Morgan fingerprint density at radius 3 is 2.54 bits per heavy atom. The van der Waals surface area contributed by atoms with E-state index < -0.39 is 0 Å². The summed E-state index contributed by atoms with van der Waals surface area (Å²) in [6.45, 7) is 0.702. The summed E-state index contributed by atoms with van der Waals surface area (Å²) in [4.78, 5) is 0. The zero-order valence-electron chi connectivity index (χ0n) is 13.8. The standard InChI is InChI=1S/C19H21NO4/c1-23-17-4-3-10-5-14-12-8-18(24-2)16(21)6-11(12)9-20-15(14)7-13(10)19(17)22/h3-4,6,8,14-15,20-22H,5,7,9H2,1-2H3/t14-,15-/m1/s1. The quantitative estimate of drug-likeness (QED) is 0.790. The molecule has 1 aliphatic heterocycles. The number of hydrogen-bond donors (Lipinski definition) is 3. The molecule has 2 aromatic rings. The number of phenolic OH excluding ortho intramolecular Hbond substituents is 2. The third kappa shape index (κ3) is 2.19. The molecule has 0 saturated heterocycles. The topological polar surface area (TPSA) is 71.0 Å². The normalized spacial score (nSPS) is 21.4. The monoisotopic (exact) mass is 327 g/mol. The van der Waals surface area contributed by atoms with Crippen molar-refractivity contribution in [2.75, 3.05) is 14.2 Å². The van der Waals surface area contributed by atoms with E-state index in [-0.39, 0.29) is 17.5 Å². The van der Waals surface area contributed by atoms with E-state index in [2.05, 4.69) is 5.32 Å². The summed E-state index contributed by atoms with van der Waals surface area (Å²) in [5, 5.41) is 24.0. The molecule has 24 heavy (non-hydrogen) atoms. The first kappa shape index (κ1) is 15.1. The van der Waals surface area contributed by atoms with Crippen LogP contribution in [-0.4, -0.2) is 30.5 Å². The third-order valence-corrected chi connectivity index (χ3v) is 5.31. The summed E-state index contributed by atoms with van der Waals surface area (Å²) < 4.78 is 10.5. The van der Waals surface area contributed by atoms with Crippen molar-refractivity contribution in [2.45, 2.75) is 31.3 Å².